The van der Waals surface area contributed by atoms with Crippen molar-refractivity contribution in [1.82, 2.24) is 9.88 Å². The van der Waals surface area contributed by atoms with E-state index in [1.54, 1.807) is 7.11 Å². The minimum atomic E-state index is 0.199. The Morgan fingerprint density at radius 3 is 2.76 bits per heavy atom. The fraction of sp³-hybridized carbons (Fsp3) is 0.706. The highest BCUT2D eigenvalue weighted by Gasteiger charge is 2.23. The van der Waals surface area contributed by atoms with E-state index in [9.17, 15) is 4.79 Å². The Morgan fingerprint density at radius 2 is 2.10 bits per heavy atom. The lowest BCUT2D eigenvalue weighted by Gasteiger charge is -2.17. The molecule has 1 aliphatic rings. The number of methoxy groups -OCH3 is 1. The SMILES string of the molecule is COCCCNCC(=O)c1cc(C)n(C2CCCC2)c1C. The van der Waals surface area contributed by atoms with Gasteiger partial charge >= 0.3 is 0 Å². The molecule has 2 rings (SSSR count). The van der Waals surface area contributed by atoms with E-state index < -0.39 is 0 Å². The van der Waals surface area contributed by atoms with Gasteiger partial charge in [0.15, 0.2) is 5.78 Å². The van der Waals surface area contributed by atoms with Crippen LogP contribution in [0.25, 0.3) is 0 Å². The predicted octanol–water partition coefficient (Wildman–Crippen LogP) is 3.03. The molecule has 4 nitrogen and oxygen atoms in total. The summed E-state index contributed by atoms with van der Waals surface area (Å²) in [4.78, 5) is 12.4. The summed E-state index contributed by atoms with van der Waals surface area (Å²) in [6, 6.07) is 2.66. The van der Waals surface area contributed by atoms with Crippen LogP contribution in [0, 0.1) is 13.8 Å². The number of rotatable bonds is 8. The third-order valence-corrected chi connectivity index (χ3v) is 4.46. The van der Waals surface area contributed by atoms with E-state index in [0.29, 0.717) is 12.6 Å². The van der Waals surface area contributed by atoms with Crippen LogP contribution < -0.4 is 5.32 Å². The van der Waals surface area contributed by atoms with Gasteiger partial charge in [-0.15, -0.1) is 0 Å². The number of ketones is 1. The lowest BCUT2D eigenvalue weighted by Crippen LogP contribution is -2.25. The van der Waals surface area contributed by atoms with E-state index in [2.05, 4.69) is 29.8 Å². The van der Waals surface area contributed by atoms with Gasteiger partial charge in [0, 0.05) is 36.7 Å². The molecule has 1 aromatic heterocycles. The van der Waals surface area contributed by atoms with E-state index in [4.69, 9.17) is 4.74 Å². The van der Waals surface area contributed by atoms with Crippen LogP contribution in [0.4, 0.5) is 0 Å². The Kier molecular flexibility index (Phi) is 6.00. The average molecular weight is 292 g/mol. The number of carbonyl (C=O) groups is 1. The third-order valence-electron chi connectivity index (χ3n) is 4.46. The molecule has 4 heteroatoms. The second-order valence-electron chi connectivity index (χ2n) is 6.04. The Hall–Kier alpha value is -1.13. The second kappa shape index (κ2) is 7.76. The summed E-state index contributed by atoms with van der Waals surface area (Å²) in [5.41, 5.74) is 3.25. The summed E-state index contributed by atoms with van der Waals surface area (Å²) in [6.07, 6.45) is 6.06. The van der Waals surface area contributed by atoms with Crippen molar-refractivity contribution in [3.8, 4) is 0 Å². The molecule has 1 saturated carbocycles. The highest BCUT2D eigenvalue weighted by atomic mass is 16.5. The van der Waals surface area contributed by atoms with Crippen LogP contribution in [-0.2, 0) is 4.74 Å². The van der Waals surface area contributed by atoms with Crippen molar-refractivity contribution in [2.45, 2.75) is 52.0 Å². The minimum absolute atomic E-state index is 0.199. The largest absolute Gasteiger partial charge is 0.385 e. The summed E-state index contributed by atoms with van der Waals surface area (Å²) < 4.78 is 7.38. The van der Waals surface area contributed by atoms with Crippen molar-refractivity contribution in [2.24, 2.45) is 0 Å². The zero-order chi connectivity index (χ0) is 15.2. The van der Waals surface area contributed by atoms with Gasteiger partial charge in [0.25, 0.3) is 0 Å². The van der Waals surface area contributed by atoms with E-state index >= 15 is 0 Å². The number of hydrogen-bond donors (Lipinski definition) is 1. The van der Waals surface area contributed by atoms with Crippen molar-refractivity contribution in [3.05, 3.63) is 23.0 Å². The highest BCUT2D eigenvalue weighted by molar-refractivity contribution is 5.99. The van der Waals surface area contributed by atoms with Crippen LogP contribution in [0.2, 0.25) is 0 Å². The van der Waals surface area contributed by atoms with Gasteiger partial charge in [-0.3, -0.25) is 4.79 Å². The van der Waals surface area contributed by atoms with Crippen LogP contribution in [0.5, 0.6) is 0 Å². The molecule has 1 N–H and O–H groups in total. The number of hydrogen-bond acceptors (Lipinski definition) is 3. The van der Waals surface area contributed by atoms with Crippen LogP contribution in [0.3, 0.4) is 0 Å². The summed E-state index contributed by atoms with van der Waals surface area (Å²) in [6.45, 7) is 6.18. The van der Waals surface area contributed by atoms with Crippen molar-refractivity contribution in [1.29, 1.82) is 0 Å². The monoisotopic (exact) mass is 292 g/mol. The van der Waals surface area contributed by atoms with Gasteiger partial charge in [-0.25, -0.2) is 0 Å². The fourth-order valence-corrected chi connectivity index (χ4v) is 3.42. The standard InChI is InChI=1S/C17H28N2O2/c1-13-11-16(17(20)12-18-9-6-10-21-3)14(2)19(13)15-7-4-5-8-15/h11,15,18H,4-10,12H2,1-3H3. The van der Waals surface area contributed by atoms with Gasteiger partial charge in [0.1, 0.15) is 0 Å². The van der Waals surface area contributed by atoms with E-state index in [-0.39, 0.29) is 5.78 Å². The number of nitrogens with one attached hydrogen (secondary N) is 1. The van der Waals surface area contributed by atoms with Gasteiger partial charge in [-0.1, -0.05) is 12.8 Å². The van der Waals surface area contributed by atoms with Crippen LogP contribution in [0.15, 0.2) is 6.07 Å². The Bertz CT molecular complexity index is 473. The molecule has 1 aliphatic carbocycles. The van der Waals surface area contributed by atoms with Gasteiger partial charge in [-0.05, 0) is 45.7 Å². The summed E-state index contributed by atoms with van der Waals surface area (Å²) in [5.74, 6) is 0.199. The number of ether oxygens (including phenoxy) is 1. The molecule has 118 valence electrons. The maximum absolute atomic E-state index is 12.4. The van der Waals surface area contributed by atoms with Crippen LogP contribution in [0.1, 0.15) is 59.9 Å². The predicted molar refractivity (Wildman–Crippen MR) is 85.1 cm³/mol. The van der Waals surface area contributed by atoms with E-state index in [0.717, 1.165) is 30.8 Å². The average Bonchev–Trinajstić information content (AvgIpc) is 3.06. The number of aromatic nitrogens is 1. The van der Waals surface area contributed by atoms with Crippen molar-refractivity contribution < 1.29 is 9.53 Å². The second-order valence-corrected chi connectivity index (χ2v) is 6.04. The molecular weight excluding hydrogens is 264 g/mol. The third kappa shape index (κ3) is 3.95. The quantitative estimate of drug-likeness (QED) is 0.591. The smallest absolute Gasteiger partial charge is 0.178 e. The molecule has 0 atom stereocenters. The lowest BCUT2D eigenvalue weighted by atomic mass is 10.1. The molecule has 0 amide bonds. The van der Waals surface area contributed by atoms with Crippen molar-refractivity contribution in [2.75, 3.05) is 26.8 Å². The Labute approximate surface area is 127 Å². The molecule has 1 fully saturated rings. The highest BCUT2D eigenvalue weighted by Crippen LogP contribution is 2.33. The first-order valence-electron chi connectivity index (χ1n) is 8.06. The Balaban J connectivity index is 1.96. The number of Topliss-reactive ketones (excluding diaryl/α,β-unsaturated/α-hetero) is 1. The maximum atomic E-state index is 12.4. The van der Waals surface area contributed by atoms with E-state index in [1.165, 1.54) is 31.4 Å². The molecule has 0 unspecified atom stereocenters. The van der Waals surface area contributed by atoms with Gasteiger partial charge < -0.3 is 14.6 Å². The lowest BCUT2D eigenvalue weighted by molar-refractivity contribution is 0.0989. The first-order chi connectivity index (χ1) is 10.1. The Morgan fingerprint density at radius 1 is 1.38 bits per heavy atom. The molecular formula is C17H28N2O2. The van der Waals surface area contributed by atoms with E-state index in [1.807, 2.05) is 0 Å². The zero-order valence-corrected chi connectivity index (χ0v) is 13.6. The van der Waals surface area contributed by atoms with Gasteiger partial charge in [0.05, 0.1) is 6.54 Å². The first kappa shape index (κ1) is 16.2. The topological polar surface area (TPSA) is 43.3 Å². The molecule has 0 bridgehead atoms. The summed E-state index contributed by atoms with van der Waals surface area (Å²) >= 11 is 0. The fourth-order valence-electron chi connectivity index (χ4n) is 3.42. The van der Waals surface area contributed by atoms with Crippen molar-refractivity contribution >= 4 is 5.78 Å². The van der Waals surface area contributed by atoms with Gasteiger partial charge in [-0.2, -0.15) is 0 Å². The normalized spacial score (nSPS) is 15.8. The molecule has 1 heterocycles. The zero-order valence-electron chi connectivity index (χ0n) is 13.6. The molecule has 21 heavy (non-hydrogen) atoms. The molecule has 1 aromatic rings. The number of carbonyl (C=O) groups excluding carboxylic acids is 1. The molecule has 0 saturated heterocycles. The molecule has 0 spiro atoms. The summed E-state index contributed by atoms with van der Waals surface area (Å²) in [7, 11) is 1.70. The molecule has 0 radical (unpaired) electrons. The first-order valence-corrected chi connectivity index (χ1v) is 8.06. The number of aryl methyl sites for hydroxylation is 1. The van der Waals surface area contributed by atoms with Gasteiger partial charge in [0.2, 0.25) is 0 Å². The summed E-state index contributed by atoms with van der Waals surface area (Å²) in [5, 5.41) is 3.21. The maximum Gasteiger partial charge on any atom is 0.178 e. The van der Waals surface area contributed by atoms with Crippen molar-refractivity contribution in [3.63, 3.8) is 0 Å². The minimum Gasteiger partial charge on any atom is -0.385 e. The molecule has 0 aromatic carbocycles. The number of nitrogens with zero attached hydrogens (tertiary/aromatic N) is 1. The van der Waals surface area contributed by atoms with Crippen LogP contribution >= 0.6 is 0 Å². The molecule has 0 aliphatic heterocycles. The van der Waals surface area contributed by atoms with Crippen LogP contribution in [-0.4, -0.2) is 37.2 Å².